The van der Waals surface area contributed by atoms with Crippen molar-refractivity contribution in [3.63, 3.8) is 0 Å². The van der Waals surface area contributed by atoms with Crippen LogP contribution in [-0.2, 0) is 24.3 Å². The van der Waals surface area contributed by atoms with E-state index in [1.165, 1.54) is 0 Å². The van der Waals surface area contributed by atoms with Gasteiger partial charge < -0.3 is 14.0 Å². The quantitative estimate of drug-likeness (QED) is 0.657. The van der Waals surface area contributed by atoms with Crippen LogP contribution in [0.3, 0.4) is 0 Å². The summed E-state index contributed by atoms with van der Waals surface area (Å²) in [5.74, 6) is 3.16. The summed E-state index contributed by atoms with van der Waals surface area (Å²) in [5, 5.41) is 8.59. The van der Waals surface area contributed by atoms with Gasteiger partial charge in [-0.1, -0.05) is 17.3 Å². The van der Waals surface area contributed by atoms with Gasteiger partial charge in [-0.3, -0.25) is 0 Å². The van der Waals surface area contributed by atoms with Crippen molar-refractivity contribution in [3.05, 3.63) is 58.5 Å². The molecule has 0 N–H and O–H groups in total. The van der Waals surface area contributed by atoms with Gasteiger partial charge in [0.1, 0.15) is 23.9 Å². The highest BCUT2D eigenvalue weighted by Gasteiger charge is 2.16. The van der Waals surface area contributed by atoms with E-state index in [1.807, 2.05) is 42.8 Å². The maximum Gasteiger partial charge on any atom is 0.176 e. The summed E-state index contributed by atoms with van der Waals surface area (Å²) in [6.07, 6.45) is 0.619. The molecule has 0 amide bonds. The van der Waals surface area contributed by atoms with E-state index < -0.39 is 0 Å². The van der Waals surface area contributed by atoms with Crippen molar-refractivity contribution in [2.24, 2.45) is 0 Å². The van der Waals surface area contributed by atoms with Crippen LogP contribution in [0.1, 0.15) is 34.2 Å². The Bertz CT molecular complexity index is 817. The van der Waals surface area contributed by atoms with E-state index in [1.54, 1.807) is 14.2 Å². The first-order valence-corrected chi connectivity index (χ1v) is 8.07. The Balaban J connectivity index is 1.88. The molecule has 7 nitrogen and oxygen atoms in total. The van der Waals surface area contributed by atoms with E-state index in [4.69, 9.17) is 14.0 Å². The number of nitrogens with zero attached hydrogens (tertiary/aromatic N) is 4. The maximum absolute atomic E-state index is 5.26. The molecule has 0 radical (unpaired) electrons. The van der Waals surface area contributed by atoms with Crippen LogP contribution in [0.2, 0.25) is 0 Å². The molecule has 3 aromatic rings. The summed E-state index contributed by atoms with van der Waals surface area (Å²) in [6, 6.07) is 7.93. The standard InChI is InChI=1S/C18H22N4O3/c1-12-16(13(2)25-21-12)9-18-19-17(11-23-3)20-22(18)10-14-5-7-15(24-4)8-6-14/h5-8H,9-11H2,1-4H3. The van der Waals surface area contributed by atoms with Crippen molar-refractivity contribution in [2.75, 3.05) is 14.2 Å². The van der Waals surface area contributed by atoms with Crippen LogP contribution in [-0.4, -0.2) is 34.1 Å². The fourth-order valence-electron chi connectivity index (χ4n) is 2.69. The van der Waals surface area contributed by atoms with E-state index in [0.717, 1.165) is 34.2 Å². The van der Waals surface area contributed by atoms with Crippen LogP contribution in [0, 0.1) is 13.8 Å². The van der Waals surface area contributed by atoms with E-state index in [0.29, 0.717) is 25.4 Å². The fraction of sp³-hybridized carbons (Fsp3) is 0.389. The van der Waals surface area contributed by atoms with Gasteiger partial charge in [0.2, 0.25) is 0 Å². The van der Waals surface area contributed by atoms with Gasteiger partial charge in [0.05, 0.1) is 19.3 Å². The zero-order valence-electron chi connectivity index (χ0n) is 14.9. The normalized spacial score (nSPS) is 11.0. The van der Waals surface area contributed by atoms with E-state index in [-0.39, 0.29) is 0 Å². The van der Waals surface area contributed by atoms with Crippen LogP contribution in [0.5, 0.6) is 5.75 Å². The average Bonchev–Trinajstić information content (AvgIpc) is 3.13. The minimum Gasteiger partial charge on any atom is -0.497 e. The molecule has 0 bridgehead atoms. The molecule has 0 aliphatic carbocycles. The Kier molecular flexibility index (Phi) is 5.14. The number of methoxy groups -OCH3 is 2. The Hall–Kier alpha value is -2.67. The maximum atomic E-state index is 5.26. The molecule has 132 valence electrons. The van der Waals surface area contributed by atoms with Crippen LogP contribution in [0.25, 0.3) is 0 Å². The molecule has 2 aromatic heterocycles. The average molecular weight is 342 g/mol. The van der Waals surface area contributed by atoms with Crippen molar-refractivity contribution >= 4 is 0 Å². The predicted octanol–water partition coefficient (Wildman–Crippen LogP) is 2.68. The van der Waals surface area contributed by atoms with Crippen molar-refractivity contribution in [2.45, 2.75) is 33.4 Å². The second kappa shape index (κ2) is 7.48. The first-order valence-electron chi connectivity index (χ1n) is 8.07. The van der Waals surface area contributed by atoms with Gasteiger partial charge in [0, 0.05) is 19.1 Å². The summed E-state index contributed by atoms with van der Waals surface area (Å²) in [5.41, 5.74) is 3.05. The van der Waals surface area contributed by atoms with Gasteiger partial charge >= 0.3 is 0 Å². The second-order valence-electron chi connectivity index (χ2n) is 5.86. The summed E-state index contributed by atoms with van der Waals surface area (Å²) in [7, 11) is 3.29. The highest BCUT2D eigenvalue weighted by atomic mass is 16.5. The number of rotatable bonds is 7. The molecule has 0 aliphatic heterocycles. The molecule has 3 rings (SSSR count). The highest BCUT2D eigenvalue weighted by Crippen LogP contribution is 2.18. The lowest BCUT2D eigenvalue weighted by Gasteiger charge is -2.07. The number of benzene rings is 1. The zero-order valence-corrected chi connectivity index (χ0v) is 14.9. The van der Waals surface area contributed by atoms with Crippen LogP contribution >= 0.6 is 0 Å². The molecule has 1 aromatic carbocycles. The first kappa shape index (κ1) is 17.2. The minimum atomic E-state index is 0.379. The van der Waals surface area contributed by atoms with Gasteiger partial charge in [0.15, 0.2) is 5.82 Å². The van der Waals surface area contributed by atoms with E-state index in [2.05, 4.69) is 15.2 Å². The van der Waals surface area contributed by atoms with Crippen molar-refractivity contribution < 1.29 is 14.0 Å². The Labute approximate surface area is 146 Å². The van der Waals surface area contributed by atoms with Crippen LogP contribution < -0.4 is 4.74 Å². The molecule has 2 heterocycles. The largest absolute Gasteiger partial charge is 0.497 e. The lowest BCUT2D eigenvalue weighted by Crippen LogP contribution is -2.08. The molecule has 0 spiro atoms. The summed E-state index contributed by atoms with van der Waals surface area (Å²) in [6.45, 7) is 4.85. The fourth-order valence-corrected chi connectivity index (χ4v) is 2.69. The van der Waals surface area contributed by atoms with Gasteiger partial charge in [0.25, 0.3) is 0 Å². The number of aryl methyl sites for hydroxylation is 2. The SMILES string of the molecule is COCc1nc(Cc2c(C)noc2C)n(Cc2ccc(OC)cc2)n1. The molecule has 25 heavy (non-hydrogen) atoms. The lowest BCUT2D eigenvalue weighted by molar-refractivity contribution is 0.177. The smallest absolute Gasteiger partial charge is 0.176 e. The Morgan fingerprint density at radius 3 is 2.48 bits per heavy atom. The van der Waals surface area contributed by atoms with E-state index in [9.17, 15) is 0 Å². The van der Waals surface area contributed by atoms with Crippen molar-refractivity contribution in [1.29, 1.82) is 0 Å². The van der Waals surface area contributed by atoms with Gasteiger partial charge in [-0.25, -0.2) is 9.67 Å². The van der Waals surface area contributed by atoms with Crippen LogP contribution in [0.4, 0.5) is 0 Å². The molecule has 0 saturated carbocycles. The van der Waals surface area contributed by atoms with Crippen molar-refractivity contribution in [1.82, 2.24) is 19.9 Å². The first-order chi connectivity index (χ1) is 12.1. The number of aromatic nitrogens is 4. The molecular weight excluding hydrogens is 320 g/mol. The van der Waals surface area contributed by atoms with Crippen molar-refractivity contribution in [3.8, 4) is 5.75 Å². The summed E-state index contributed by atoms with van der Waals surface area (Å²) in [4.78, 5) is 4.62. The third-order valence-electron chi connectivity index (χ3n) is 4.07. The third kappa shape index (κ3) is 3.88. The third-order valence-corrected chi connectivity index (χ3v) is 4.07. The van der Waals surface area contributed by atoms with E-state index >= 15 is 0 Å². The molecule has 0 fully saturated rings. The van der Waals surface area contributed by atoms with Gasteiger partial charge in [-0.15, -0.1) is 0 Å². The number of hydrogen-bond donors (Lipinski definition) is 0. The van der Waals surface area contributed by atoms with Gasteiger partial charge in [-0.05, 0) is 31.5 Å². The summed E-state index contributed by atoms with van der Waals surface area (Å²) >= 11 is 0. The summed E-state index contributed by atoms with van der Waals surface area (Å²) < 4.78 is 17.5. The molecule has 0 aliphatic rings. The Morgan fingerprint density at radius 2 is 1.88 bits per heavy atom. The number of hydrogen-bond acceptors (Lipinski definition) is 6. The Morgan fingerprint density at radius 1 is 1.12 bits per heavy atom. The molecule has 7 heteroatoms. The van der Waals surface area contributed by atoms with Gasteiger partial charge in [-0.2, -0.15) is 5.10 Å². The molecule has 0 unspecified atom stereocenters. The van der Waals surface area contributed by atoms with Crippen LogP contribution in [0.15, 0.2) is 28.8 Å². The topological polar surface area (TPSA) is 75.2 Å². The second-order valence-corrected chi connectivity index (χ2v) is 5.86. The molecule has 0 atom stereocenters. The zero-order chi connectivity index (χ0) is 17.8. The molecule has 0 saturated heterocycles. The highest BCUT2D eigenvalue weighted by molar-refractivity contribution is 5.28. The number of ether oxygens (including phenoxy) is 2. The minimum absolute atomic E-state index is 0.379. The lowest BCUT2D eigenvalue weighted by atomic mass is 10.1. The monoisotopic (exact) mass is 342 g/mol. The molecular formula is C18H22N4O3. The predicted molar refractivity (Wildman–Crippen MR) is 91.6 cm³/mol.